The molecule has 0 fully saturated rings. The van der Waals surface area contributed by atoms with Gasteiger partial charge in [0.05, 0.1) is 12.7 Å². The third kappa shape index (κ3) is 9.48. The summed E-state index contributed by atoms with van der Waals surface area (Å²) in [6, 6.07) is 18.6. The molecule has 0 bridgehead atoms. The summed E-state index contributed by atoms with van der Waals surface area (Å²) in [6.07, 6.45) is 2.25. The highest BCUT2D eigenvalue weighted by atomic mass is 79.9. The first-order chi connectivity index (χ1) is 21.6. The van der Waals surface area contributed by atoms with Crippen molar-refractivity contribution >= 4 is 44.7 Å². The third-order valence-electron chi connectivity index (χ3n) is 6.81. The number of anilines is 3. The number of nitrogens with one attached hydrogen (secondary N) is 3. The predicted octanol–water partition coefficient (Wildman–Crippen LogP) is 6.57. The molecule has 45 heavy (non-hydrogen) atoms. The highest BCUT2D eigenvalue weighted by Crippen LogP contribution is 2.35. The lowest BCUT2D eigenvalue weighted by molar-refractivity contribution is -0.679. The van der Waals surface area contributed by atoms with Crippen LogP contribution in [0.1, 0.15) is 52.7 Å². The maximum atomic E-state index is 13.5. The van der Waals surface area contributed by atoms with Crippen LogP contribution < -0.4 is 21.4 Å². The van der Waals surface area contributed by atoms with Gasteiger partial charge in [-0.1, -0.05) is 57.9 Å². The number of amides is 1. The normalized spacial score (nSPS) is 12.8. The predicted molar refractivity (Wildman–Crippen MR) is 169 cm³/mol. The molecule has 1 aliphatic carbocycles. The molecule has 0 spiro atoms. The maximum Gasteiger partial charge on any atom is 0.416 e. The number of rotatable bonds is 9. The van der Waals surface area contributed by atoms with Crippen LogP contribution in [0.25, 0.3) is 5.57 Å². The summed E-state index contributed by atoms with van der Waals surface area (Å²) in [6.45, 7) is 4.50. The number of aromatic nitrogens is 4. The van der Waals surface area contributed by atoms with E-state index in [1.165, 1.54) is 19.1 Å². The van der Waals surface area contributed by atoms with Crippen LogP contribution in [0.4, 0.5) is 30.5 Å². The van der Waals surface area contributed by atoms with Crippen LogP contribution in [0.2, 0.25) is 0 Å². The van der Waals surface area contributed by atoms with Crippen molar-refractivity contribution in [1.29, 1.82) is 0 Å². The molecule has 1 aliphatic rings. The van der Waals surface area contributed by atoms with Crippen molar-refractivity contribution in [3.8, 4) is 0 Å². The van der Waals surface area contributed by atoms with Gasteiger partial charge in [-0.2, -0.15) is 18.4 Å². The lowest BCUT2D eigenvalue weighted by Crippen LogP contribution is -2.46. The fourth-order valence-electron chi connectivity index (χ4n) is 4.69. The van der Waals surface area contributed by atoms with Crippen LogP contribution in [-0.2, 0) is 17.6 Å². The van der Waals surface area contributed by atoms with Crippen molar-refractivity contribution < 1.29 is 28.7 Å². The SMILES string of the molecule is C=C(Nc1cc(Br)cc(C(F)(F)F)c1)N(Cc1ccc(C(=O)Nc2nn[nH]n2)cc1)c1ccc(C2=CCCCC2)cc1.CO[NH3+]. The van der Waals surface area contributed by atoms with Gasteiger partial charge in [0.1, 0.15) is 5.82 Å². The van der Waals surface area contributed by atoms with Gasteiger partial charge in [-0.3, -0.25) is 10.1 Å². The number of carbonyl (C=O) groups excluding carboxylic acids is 1. The molecule has 1 amide bonds. The molecule has 1 aromatic heterocycles. The standard InChI is InChI=1S/C30H27BrF3N7O.CH6NO/c1-19(35-26-16-24(30(32,33)34)15-25(31)17-26)41(27-13-11-22(12-14-27)21-5-3-2-4-6-21)18-20-7-9-23(10-8-20)28(42)36-29-37-39-40-38-29;1-3-2/h5,7-17,35H,1-4,6,18H2,(H2,36,37,38,39,40,42);1-2H3/q;+1. The second-order valence-corrected chi connectivity index (χ2v) is 11.0. The zero-order valence-electron chi connectivity index (χ0n) is 24.5. The molecular weight excluding hydrogens is 653 g/mol. The first-order valence-corrected chi connectivity index (χ1v) is 14.7. The number of nitrogens with zero attached hydrogens (tertiary/aromatic N) is 4. The van der Waals surface area contributed by atoms with Gasteiger partial charge in [0.15, 0.2) is 0 Å². The Balaban J connectivity index is 0.00000148. The monoisotopic (exact) mass is 685 g/mol. The Morgan fingerprint density at radius 1 is 1.09 bits per heavy atom. The lowest BCUT2D eigenvalue weighted by Gasteiger charge is -2.28. The molecule has 10 nitrogen and oxygen atoms in total. The molecule has 0 unspecified atom stereocenters. The Hall–Kier alpha value is -4.53. The number of quaternary nitrogens is 1. The Bertz CT molecular complexity index is 1610. The van der Waals surface area contributed by atoms with Gasteiger partial charge < -0.3 is 10.2 Å². The minimum atomic E-state index is -4.50. The molecule has 0 saturated heterocycles. The van der Waals surface area contributed by atoms with E-state index in [0.29, 0.717) is 22.4 Å². The number of alkyl halides is 3. The van der Waals surface area contributed by atoms with Gasteiger partial charge in [-0.05, 0) is 90.1 Å². The van der Waals surface area contributed by atoms with Gasteiger partial charge in [-0.25, -0.2) is 10.7 Å². The van der Waals surface area contributed by atoms with Gasteiger partial charge in [0.25, 0.3) is 11.9 Å². The number of carbonyl (C=O) groups is 1. The first-order valence-electron chi connectivity index (χ1n) is 13.9. The van der Waals surface area contributed by atoms with E-state index in [0.717, 1.165) is 48.2 Å². The molecular formula is C31H33BrF3N8O2+. The summed E-state index contributed by atoms with van der Waals surface area (Å²) < 4.78 is 40.7. The van der Waals surface area contributed by atoms with Crippen LogP contribution in [0, 0.1) is 0 Å². The van der Waals surface area contributed by atoms with Gasteiger partial charge in [0, 0.05) is 28.0 Å². The summed E-state index contributed by atoms with van der Waals surface area (Å²) in [7, 11) is 1.51. The molecule has 0 atom stereocenters. The average molecular weight is 687 g/mol. The van der Waals surface area contributed by atoms with Crippen molar-refractivity contribution in [3.05, 3.63) is 112 Å². The molecule has 0 saturated carbocycles. The minimum absolute atomic E-state index is 0.0614. The van der Waals surface area contributed by atoms with Crippen molar-refractivity contribution in [2.24, 2.45) is 0 Å². The molecule has 1 heterocycles. The zero-order chi connectivity index (χ0) is 32.4. The van der Waals surface area contributed by atoms with Gasteiger partial charge in [0.2, 0.25) is 0 Å². The molecule has 14 heteroatoms. The van der Waals surface area contributed by atoms with E-state index in [4.69, 9.17) is 0 Å². The topological polar surface area (TPSA) is 136 Å². The summed E-state index contributed by atoms with van der Waals surface area (Å²) in [5.41, 5.74) is 3.97. The molecule has 4 aromatic rings. The first kappa shape index (κ1) is 33.4. The fraction of sp³-hybridized carbons (Fsp3) is 0.226. The Morgan fingerprint density at radius 2 is 1.80 bits per heavy atom. The van der Waals surface area contributed by atoms with Crippen molar-refractivity contribution in [2.45, 2.75) is 38.4 Å². The molecule has 3 aromatic carbocycles. The van der Waals surface area contributed by atoms with Crippen LogP contribution in [0.5, 0.6) is 0 Å². The fourth-order valence-corrected chi connectivity index (χ4v) is 5.18. The van der Waals surface area contributed by atoms with Gasteiger partial charge >= 0.3 is 6.18 Å². The number of aromatic amines is 1. The molecule has 236 valence electrons. The Kier molecular flexibility index (Phi) is 11.5. The number of H-pyrrole nitrogens is 1. The van der Waals surface area contributed by atoms with Crippen LogP contribution >= 0.6 is 15.9 Å². The van der Waals surface area contributed by atoms with E-state index in [-0.39, 0.29) is 11.6 Å². The van der Waals surface area contributed by atoms with E-state index < -0.39 is 17.6 Å². The van der Waals surface area contributed by atoms with Gasteiger partial charge in [-0.15, -0.1) is 5.10 Å². The van der Waals surface area contributed by atoms with Crippen molar-refractivity contribution in [3.63, 3.8) is 0 Å². The highest BCUT2D eigenvalue weighted by molar-refractivity contribution is 9.10. The minimum Gasteiger partial charge on any atom is -0.342 e. The van der Waals surface area contributed by atoms with Crippen LogP contribution in [-0.4, -0.2) is 33.6 Å². The highest BCUT2D eigenvalue weighted by Gasteiger charge is 2.31. The van der Waals surface area contributed by atoms with Crippen molar-refractivity contribution in [2.75, 3.05) is 22.6 Å². The number of allylic oxidation sites excluding steroid dienone is 2. The Morgan fingerprint density at radius 3 is 2.40 bits per heavy atom. The smallest absolute Gasteiger partial charge is 0.342 e. The number of benzene rings is 3. The zero-order valence-corrected chi connectivity index (χ0v) is 26.1. The van der Waals surface area contributed by atoms with E-state index in [1.807, 2.05) is 17.0 Å². The Labute approximate surface area is 266 Å². The lowest BCUT2D eigenvalue weighted by atomic mass is 9.93. The van der Waals surface area contributed by atoms with E-state index in [2.05, 4.69) is 82.7 Å². The van der Waals surface area contributed by atoms with Crippen LogP contribution in [0.3, 0.4) is 0 Å². The van der Waals surface area contributed by atoms with Crippen LogP contribution in [0.15, 0.2) is 89.7 Å². The quantitative estimate of drug-likeness (QED) is 0.146. The summed E-state index contributed by atoms with van der Waals surface area (Å²) in [5, 5.41) is 18.7. The number of hydrogen-bond donors (Lipinski definition) is 4. The summed E-state index contributed by atoms with van der Waals surface area (Å²) >= 11 is 3.18. The second kappa shape index (κ2) is 15.5. The van der Waals surface area contributed by atoms with E-state index >= 15 is 0 Å². The van der Waals surface area contributed by atoms with E-state index in [9.17, 15) is 18.0 Å². The molecule has 0 aliphatic heterocycles. The summed E-state index contributed by atoms with van der Waals surface area (Å²) in [5.74, 6) is 3.03. The molecule has 6 N–H and O–H groups in total. The maximum absolute atomic E-state index is 13.5. The number of hydrogen-bond acceptors (Lipinski definition) is 7. The van der Waals surface area contributed by atoms with E-state index in [1.54, 1.807) is 30.3 Å². The largest absolute Gasteiger partial charge is 0.416 e. The van der Waals surface area contributed by atoms with Crippen molar-refractivity contribution in [1.82, 2.24) is 20.6 Å². The second-order valence-electron chi connectivity index (χ2n) is 10.1. The third-order valence-corrected chi connectivity index (χ3v) is 7.27. The molecule has 5 rings (SSSR count). The number of tetrazole rings is 1. The molecule has 0 radical (unpaired) electrons. The number of halogens is 4. The summed E-state index contributed by atoms with van der Waals surface area (Å²) in [4.78, 5) is 18.4. The average Bonchev–Trinajstić information content (AvgIpc) is 3.53.